The number of hydrogen-bond acceptors (Lipinski definition) is 14. The fraction of sp³-hybridized carbons (Fsp3) is 0.377. The molecule has 8 N–H and O–H groups in total. The smallest absolute Gasteiger partial charge is 0.410 e. The van der Waals surface area contributed by atoms with Gasteiger partial charge in [-0.2, -0.15) is 14.9 Å². The maximum absolute atomic E-state index is 12.9. The molecule has 0 bridgehead atoms. The van der Waals surface area contributed by atoms with Crippen molar-refractivity contribution in [3.8, 4) is 11.5 Å². The van der Waals surface area contributed by atoms with Crippen LogP contribution in [0, 0.1) is 0 Å². The number of benzene rings is 4. The average Bonchev–Trinajstić information content (AvgIpc) is 4.14. The minimum absolute atomic E-state index is 0. The lowest BCUT2D eigenvalue weighted by Crippen LogP contribution is -2.36. The van der Waals surface area contributed by atoms with Crippen molar-refractivity contribution < 1.29 is 38.5 Å². The Morgan fingerprint density at radius 1 is 0.905 bits per heavy atom. The minimum atomic E-state index is -0.833. The number of anilines is 4. The van der Waals surface area contributed by atoms with E-state index in [1.807, 2.05) is 125 Å². The van der Waals surface area contributed by atoms with Crippen molar-refractivity contribution in [3.63, 3.8) is 0 Å². The minimum Gasteiger partial charge on any atom is -0.489 e. The maximum Gasteiger partial charge on any atom is 0.410 e. The predicted octanol–water partition coefficient (Wildman–Crippen LogP) is 10.8. The number of aryl methyl sites for hydroxylation is 2. The van der Waals surface area contributed by atoms with E-state index in [-0.39, 0.29) is 45.6 Å². The van der Waals surface area contributed by atoms with E-state index in [2.05, 4.69) is 55.7 Å². The van der Waals surface area contributed by atoms with Gasteiger partial charge >= 0.3 is 6.09 Å². The van der Waals surface area contributed by atoms with E-state index in [4.69, 9.17) is 47.8 Å². The summed E-state index contributed by atoms with van der Waals surface area (Å²) in [6, 6.07) is 30.5. The second-order valence-electron chi connectivity index (χ2n) is 17.4. The zero-order valence-corrected chi connectivity index (χ0v) is 48.5. The Labute approximate surface area is 460 Å². The van der Waals surface area contributed by atoms with Gasteiger partial charge in [0.25, 0.3) is 5.97 Å². The highest BCUT2D eigenvalue weighted by molar-refractivity contribution is 9.09. The highest BCUT2D eigenvalue weighted by Crippen LogP contribution is 2.31. The Hall–Kier alpha value is -5.63. The number of carboxylic acid groups (broad SMARTS) is 1. The number of amidine groups is 1. The summed E-state index contributed by atoms with van der Waals surface area (Å²) in [6.07, 6.45) is 3.53. The van der Waals surface area contributed by atoms with E-state index in [0.717, 1.165) is 85.5 Å². The van der Waals surface area contributed by atoms with E-state index in [9.17, 15) is 14.4 Å². The number of thiazole rings is 1. The number of aromatic nitrogens is 1. The van der Waals surface area contributed by atoms with Gasteiger partial charge in [-0.1, -0.05) is 96.2 Å². The van der Waals surface area contributed by atoms with Crippen LogP contribution in [0.3, 0.4) is 0 Å². The molecule has 5 aromatic rings. The lowest BCUT2D eigenvalue weighted by molar-refractivity contribution is -0.134. The zero-order valence-electron chi connectivity index (χ0n) is 43.1. The third kappa shape index (κ3) is 22.5. The van der Waals surface area contributed by atoms with Crippen molar-refractivity contribution in [3.05, 3.63) is 124 Å². The Bertz CT molecular complexity index is 2620. The van der Waals surface area contributed by atoms with Crippen molar-refractivity contribution >= 4 is 117 Å². The largest absolute Gasteiger partial charge is 0.489 e. The molecule has 2 saturated heterocycles. The van der Waals surface area contributed by atoms with Crippen molar-refractivity contribution in [2.24, 2.45) is 10.7 Å². The average molecular weight is 1150 g/mol. The fourth-order valence-corrected chi connectivity index (χ4v) is 8.79. The van der Waals surface area contributed by atoms with E-state index in [1.54, 1.807) is 4.90 Å². The van der Waals surface area contributed by atoms with Gasteiger partial charge in [0.05, 0.1) is 11.9 Å². The van der Waals surface area contributed by atoms with E-state index < -0.39 is 11.6 Å². The number of aliphatic imine (C=N–C) groups is 1. The molecule has 400 valence electrons. The number of thioether (sulfide) groups is 1. The summed E-state index contributed by atoms with van der Waals surface area (Å²) >= 11 is 11.0. The van der Waals surface area contributed by atoms with Crippen molar-refractivity contribution in [1.82, 2.24) is 15.2 Å². The summed E-state index contributed by atoms with van der Waals surface area (Å²) in [4.78, 5) is 55.8. The number of carbonyl (C=O) groups is 4. The standard InChI is InChI=1S/C22H24N4O2S.C19H28N4O3S2.C10H11BrO.C2H4O2.H3P/c1-2-14-4-3-5-15(12-14)19(27)20-21(23)26-22(29-20)25-16-6-8-17(9-7-16)28-18-10-11-24-13-18;1-5-28-16(20)22-17(27)21-13-6-8-14(9-7-13)25-15-10-11-23(12-15)18(24)26-19(2,3)4;1-2-8-4-3-5-9(6-8)10(12)7-11;1-2(3)4;/h3-9,12,18,24H,2,10-11,13,23H2,1H3,(H,25,26);6-9,15H,5,10-12H2,1-4H3,(H3,20,21,22,27);3-6H,2,7H2,1H3;1H3,(H,3,4);1H3. The number of hydrogen-bond donors (Lipinski definition) is 6. The number of amides is 1. The number of nitrogens with zero attached hydrogens (tertiary/aromatic N) is 3. The molecule has 0 radical (unpaired) electrons. The van der Waals surface area contributed by atoms with Gasteiger partial charge in [-0.3, -0.25) is 14.4 Å². The number of carbonyl (C=O) groups excluding carboxylic acids is 3. The van der Waals surface area contributed by atoms with Gasteiger partial charge in [-0.05, 0) is 136 Å². The number of ketones is 2. The van der Waals surface area contributed by atoms with Crippen LogP contribution >= 0.6 is 61.1 Å². The van der Waals surface area contributed by atoms with Crippen LogP contribution in [0.5, 0.6) is 11.5 Å². The van der Waals surface area contributed by atoms with Gasteiger partial charge in [0.2, 0.25) is 5.78 Å². The van der Waals surface area contributed by atoms with E-state index in [0.29, 0.717) is 44.3 Å². The molecular weight excluding hydrogens is 1080 g/mol. The molecule has 16 nitrogen and oxygen atoms in total. The number of nitrogens with one attached hydrogen (secondary N) is 3. The number of halogens is 1. The number of nitrogens with two attached hydrogens (primary N) is 2. The number of likely N-dealkylation sites (tertiary alicyclic amines) is 1. The second-order valence-corrected chi connectivity index (χ2v) is 20.7. The van der Waals surface area contributed by atoms with Crippen LogP contribution in [0.1, 0.15) is 98.0 Å². The molecule has 3 unspecified atom stereocenters. The molecule has 7 rings (SSSR count). The van der Waals surface area contributed by atoms with Crippen LogP contribution in [-0.2, 0) is 22.4 Å². The van der Waals surface area contributed by atoms with Crippen LogP contribution in [0.15, 0.2) is 102 Å². The van der Waals surface area contributed by atoms with Crippen LogP contribution in [-0.4, -0.2) is 104 Å². The molecule has 21 heteroatoms. The second kappa shape index (κ2) is 32.0. The molecule has 0 spiro atoms. The normalized spacial score (nSPS) is 14.8. The first kappa shape index (κ1) is 62.7. The Kier molecular flexibility index (Phi) is 27.1. The molecule has 0 aliphatic carbocycles. The third-order valence-electron chi connectivity index (χ3n) is 10.4. The van der Waals surface area contributed by atoms with Gasteiger partial charge in [0, 0.05) is 48.9 Å². The van der Waals surface area contributed by atoms with Gasteiger partial charge in [0.1, 0.15) is 40.0 Å². The number of aliphatic carboxylic acids is 1. The first-order chi connectivity index (χ1) is 34.8. The van der Waals surface area contributed by atoms with Crippen LogP contribution in [0.4, 0.5) is 27.1 Å². The maximum atomic E-state index is 12.9. The first-order valence-electron chi connectivity index (χ1n) is 23.8. The number of nitrogen functional groups attached to an aromatic ring is 1. The third-order valence-corrected chi connectivity index (χ3v) is 12.7. The summed E-state index contributed by atoms with van der Waals surface area (Å²) in [5.74, 6) is 1.88. The number of rotatable bonds is 14. The molecule has 74 heavy (non-hydrogen) atoms. The number of carboxylic acids is 1. The number of Topliss-reactive ketones (excluding diaryl/α,β-unsaturated/α-hetero) is 1. The zero-order chi connectivity index (χ0) is 53.5. The highest BCUT2D eigenvalue weighted by Gasteiger charge is 2.31. The first-order valence-corrected chi connectivity index (χ1v) is 27.2. The number of alkyl halides is 1. The van der Waals surface area contributed by atoms with Gasteiger partial charge < -0.3 is 51.6 Å². The van der Waals surface area contributed by atoms with Gasteiger partial charge in [-0.25, -0.2) is 9.78 Å². The number of thiocarbonyl (C=S) groups is 1. The summed E-state index contributed by atoms with van der Waals surface area (Å²) in [7, 11) is 0. The van der Waals surface area contributed by atoms with Crippen molar-refractivity contribution in [2.75, 3.05) is 53.6 Å². The van der Waals surface area contributed by atoms with Gasteiger partial charge in [0.15, 0.2) is 21.2 Å². The van der Waals surface area contributed by atoms with Crippen LogP contribution < -0.4 is 36.9 Å². The summed E-state index contributed by atoms with van der Waals surface area (Å²) < 4.78 is 17.3. The quantitative estimate of drug-likeness (QED) is 0.0152. The van der Waals surface area contributed by atoms with Crippen LogP contribution in [0.25, 0.3) is 0 Å². The molecule has 2 fully saturated rings. The molecule has 2 aliphatic heterocycles. The molecule has 4 aromatic carbocycles. The molecule has 3 atom stereocenters. The molecule has 2 aliphatic rings. The Morgan fingerprint density at radius 2 is 1.47 bits per heavy atom. The van der Waals surface area contributed by atoms with E-state index >= 15 is 0 Å². The monoisotopic (exact) mass is 1150 g/mol. The SMILES string of the molecule is CC(=O)O.CCSC(N)=NC(=S)Nc1ccc(OC2CCN(C(=O)OC(C)(C)C)C2)cc1.CCc1cccc(C(=O)CBr)c1.CCc1cccc(C(=O)c2sc(Nc3ccc(OC4CCNC4)cc3)nc2N)c1.P. The topological polar surface area (TPSA) is 233 Å². The van der Waals surface area contributed by atoms with Crippen LogP contribution in [0.2, 0.25) is 0 Å². The molecule has 0 saturated carbocycles. The lowest BCUT2D eigenvalue weighted by Gasteiger charge is -2.24. The molecule has 3 heterocycles. The molecule has 1 amide bonds. The molecule has 1 aromatic heterocycles. The molecular formula is C53H70BrN8O8PS3. The Morgan fingerprint density at radius 3 is 2.01 bits per heavy atom. The van der Waals surface area contributed by atoms with Gasteiger partial charge in [-0.15, -0.1) is 0 Å². The van der Waals surface area contributed by atoms with Crippen molar-refractivity contribution in [2.45, 2.75) is 92.0 Å². The fourth-order valence-electron chi connectivity index (χ4n) is 6.87. The predicted molar refractivity (Wildman–Crippen MR) is 315 cm³/mol. The van der Waals surface area contributed by atoms with Crippen molar-refractivity contribution in [1.29, 1.82) is 0 Å². The summed E-state index contributed by atoms with van der Waals surface area (Å²) in [5, 5.41) is 18.7. The van der Waals surface area contributed by atoms with E-state index in [1.165, 1.54) is 28.7 Å². The summed E-state index contributed by atoms with van der Waals surface area (Å²) in [6.45, 7) is 15.8. The lowest BCUT2D eigenvalue weighted by atomic mass is 10.1. The highest BCUT2D eigenvalue weighted by atomic mass is 79.9. The summed E-state index contributed by atoms with van der Waals surface area (Å²) in [5.41, 5.74) is 16.7. The number of ether oxygens (including phenoxy) is 3. The Balaban J connectivity index is 0.000000300.